The molecular formula is C17H15ClO2. The fourth-order valence-corrected chi connectivity index (χ4v) is 2.04. The highest BCUT2D eigenvalue weighted by Gasteiger charge is 2.10. The summed E-state index contributed by atoms with van der Waals surface area (Å²) in [6.07, 6.45) is 2.59. The molecule has 2 rings (SSSR count). The molecule has 2 aromatic carbocycles. The molecule has 0 fully saturated rings. The van der Waals surface area contributed by atoms with Gasteiger partial charge in [0.05, 0.1) is 5.57 Å². The zero-order valence-electron chi connectivity index (χ0n) is 11.1. The Balaban J connectivity index is 2.39. The number of halogens is 1. The minimum atomic E-state index is -0.941. The van der Waals surface area contributed by atoms with E-state index < -0.39 is 5.97 Å². The molecule has 3 heteroatoms. The molecule has 102 valence electrons. The Morgan fingerprint density at radius 2 is 1.70 bits per heavy atom. The average Bonchev–Trinajstić information content (AvgIpc) is 2.46. The second kappa shape index (κ2) is 6.40. The predicted octanol–water partition coefficient (Wildman–Crippen LogP) is 4.53. The minimum Gasteiger partial charge on any atom is -0.478 e. The first kappa shape index (κ1) is 14.4. The van der Waals surface area contributed by atoms with Gasteiger partial charge in [-0.25, -0.2) is 4.79 Å². The molecule has 1 N–H and O–H groups in total. The highest BCUT2D eigenvalue weighted by molar-refractivity contribution is 6.30. The van der Waals surface area contributed by atoms with Gasteiger partial charge in [-0.05, 0) is 41.3 Å². The van der Waals surface area contributed by atoms with Gasteiger partial charge in [0.25, 0.3) is 0 Å². The molecular weight excluding hydrogens is 272 g/mol. The van der Waals surface area contributed by atoms with Crippen molar-refractivity contribution in [2.24, 2.45) is 0 Å². The molecule has 2 aromatic rings. The van der Waals surface area contributed by atoms with Crippen LogP contribution < -0.4 is 0 Å². The molecule has 0 spiro atoms. The molecule has 0 saturated heterocycles. The van der Waals surface area contributed by atoms with E-state index in [1.165, 1.54) is 5.56 Å². The van der Waals surface area contributed by atoms with Crippen molar-refractivity contribution in [2.45, 2.75) is 13.3 Å². The third-order valence-corrected chi connectivity index (χ3v) is 3.34. The summed E-state index contributed by atoms with van der Waals surface area (Å²) in [5.74, 6) is -0.941. The van der Waals surface area contributed by atoms with Crippen LogP contribution in [0, 0.1) is 0 Å². The van der Waals surface area contributed by atoms with E-state index in [9.17, 15) is 9.90 Å². The van der Waals surface area contributed by atoms with E-state index in [0.29, 0.717) is 10.6 Å². The van der Waals surface area contributed by atoms with Crippen LogP contribution in [0.4, 0.5) is 0 Å². The molecule has 0 radical (unpaired) electrons. The monoisotopic (exact) mass is 286 g/mol. The average molecular weight is 287 g/mol. The van der Waals surface area contributed by atoms with Crippen molar-refractivity contribution in [2.75, 3.05) is 0 Å². The number of rotatable bonds is 4. The van der Waals surface area contributed by atoms with Crippen molar-refractivity contribution in [3.8, 4) is 0 Å². The Kier molecular flexibility index (Phi) is 4.59. The number of hydrogen-bond acceptors (Lipinski definition) is 1. The molecule has 0 unspecified atom stereocenters. The van der Waals surface area contributed by atoms with E-state index in [2.05, 4.69) is 6.92 Å². The summed E-state index contributed by atoms with van der Waals surface area (Å²) in [7, 11) is 0. The summed E-state index contributed by atoms with van der Waals surface area (Å²) in [5, 5.41) is 10.0. The van der Waals surface area contributed by atoms with E-state index in [1.807, 2.05) is 24.3 Å². The van der Waals surface area contributed by atoms with Crippen molar-refractivity contribution in [3.63, 3.8) is 0 Å². The number of benzene rings is 2. The molecule has 0 atom stereocenters. The summed E-state index contributed by atoms with van der Waals surface area (Å²) >= 11 is 5.82. The van der Waals surface area contributed by atoms with Crippen molar-refractivity contribution in [1.82, 2.24) is 0 Å². The molecule has 0 amide bonds. The Morgan fingerprint density at radius 1 is 1.10 bits per heavy atom. The highest BCUT2D eigenvalue weighted by Crippen LogP contribution is 2.20. The molecule has 0 heterocycles. The third kappa shape index (κ3) is 3.49. The van der Waals surface area contributed by atoms with Crippen LogP contribution in [-0.2, 0) is 11.2 Å². The number of carboxylic acids is 1. The summed E-state index contributed by atoms with van der Waals surface area (Å²) in [6, 6.07) is 14.7. The Labute approximate surface area is 123 Å². The summed E-state index contributed by atoms with van der Waals surface area (Å²) < 4.78 is 0. The van der Waals surface area contributed by atoms with Crippen LogP contribution in [0.5, 0.6) is 0 Å². The molecule has 0 saturated carbocycles. The predicted molar refractivity (Wildman–Crippen MR) is 82.8 cm³/mol. The molecule has 0 aliphatic rings. The number of aryl methyl sites for hydroxylation is 1. The fraction of sp³-hybridized carbons (Fsp3) is 0.118. The zero-order chi connectivity index (χ0) is 14.5. The lowest BCUT2D eigenvalue weighted by Gasteiger charge is -2.05. The summed E-state index contributed by atoms with van der Waals surface area (Å²) in [4.78, 5) is 11.4. The van der Waals surface area contributed by atoms with Gasteiger partial charge in [-0.15, -0.1) is 0 Å². The SMILES string of the molecule is CCc1ccc(/C(=C/c2ccc(Cl)cc2)C(=O)O)cc1. The van der Waals surface area contributed by atoms with Gasteiger partial charge in [0.15, 0.2) is 0 Å². The maximum absolute atomic E-state index is 11.4. The van der Waals surface area contributed by atoms with Gasteiger partial charge in [0.2, 0.25) is 0 Å². The van der Waals surface area contributed by atoms with Gasteiger partial charge in [0, 0.05) is 5.02 Å². The van der Waals surface area contributed by atoms with Crippen LogP contribution in [0.3, 0.4) is 0 Å². The van der Waals surface area contributed by atoms with E-state index >= 15 is 0 Å². The van der Waals surface area contributed by atoms with E-state index in [0.717, 1.165) is 12.0 Å². The second-order valence-corrected chi connectivity index (χ2v) is 4.90. The Bertz CT molecular complexity index is 625. The lowest BCUT2D eigenvalue weighted by Crippen LogP contribution is -1.99. The van der Waals surface area contributed by atoms with Crippen molar-refractivity contribution in [3.05, 3.63) is 70.2 Å². The molecule has 2 nitrogen and oxygen atoms in total. The number of hydrogen-bond donors (Lipinski definition) is 1. The first-order valence-corrected chi connectivity index (χ1v) is 6.78. The Hall–Kier alpha value is -2.06. The maximum Gasteiger partial charge on any atom is 0.336 e. The van der Waals surface area contributed by atoms with E-state index in [4.69, 9.17) is 11.6 Å². The van der Waals surface area contributed by atoms with Gasteiger partial charge in [-0.3, -0.25) is 0 Å². The quantitative estimate of drug-likeness (QED) is 0.662. The van der Waals surface area contributed by atoms with E-state index in [-0.39, 0.29) is 5.57 Å². The van der Waals surface area contributed by atoms with E-state index in [1.54, 1.807) is 30.3 Å². The van der Waals surface area contributed by atoms with Crippen LogP contribution in [-0.4, -0.2) is 11.1 Å². The van der Waals surface area contributed by atoms with Gasteiger partial charge in [-0.2, -0.15) is 0 Å². The number of carboxylic acid groups (broad SMARTS) is 1. The molecule has 0 aliphatic heterocycles. The zero-order valence-corrected chi connectivity index (χ0v) is 11.9. The second-order valence-electron chi connectivity index (χ2n) is 4.47. The first-order chi connectivity index (χ1) is 9.60. The molecule has 0 aliphatic carbocycles. The van der Waals surface area contributed by atoms with Crippen LogP contribution in [0.1, 0.15) is 23.6 Å². The van der Waals surface area contributed by atoms with Crippen molar-refractivity contribution in [1.29, 1.82) is 0 Å². The normalized spacial score (nSPS) is 11.4. The highest BCUT2D eigenvalue weighted by atomic mass is 35.5. The molecule has 20 heavy (non-hydrogen) atoms. The van der Waals surface area contributed by atoms with Crippen molar-refractivity contribution >= 4 is 29.2 Å². The minimum absolute atomic E-state index is 0.273. The van der Waals surface area contributed by atoms with Crippen molar-refractivity contribution < 1.29 is 9.90 Å². The van der Waals surface area contributed by atoms with Crippen LogP contribution in [0.15, 0.2) is 48.5 Å². The maximum atomic E-state index is 11.4. The smallest absolute Gasteiger partial charge is 0.336 e. The van der Waals surface area contributed by atoms with Gasteiger partial charge in [-0.1, -0.05) is 54.9 Å². The lowest BCUT2D eigenvalue weighted by atomic mass is 10.0. The topological polar surface area (TPSA) is 37.3 Å². The van der Waals surface area contributed by atoms with Crippen LogP contribution in [0.2, 0.25) is 5.02 Å². The largest absolute Gasteiger partial charge is 0.478 e. The lowest BCUT2D eigenvalue weighted by molar-refractivity contribution is -0.130. The number of aliphatic carboxylic acids is 1. The molecule has 0 bridgehead atoms. The summed E-state index contributed by atoms with van der Waals surface area (Å²) in [6.45, 7) is 2.07. The number of carbonyl (C=O) groups is 1. The fourth-order valence-electron chi connectivity index (χ4n) is 1.91. The van der Waals surface area contributed by atoms with Crippen LogP contribution in [0.25, 0.3) is 11.6 Å². The van der Waals surface area contributed by atoms with Gasteiger partial charge >= 0.3 is 5.97 Å². The first-order valence-electron chi connectivity index (χ1n) is 6.40. The van der Waals surface area contributed by atoms with Gasteiger partial charge in [0.1, 0.15) is 0 Å². The van der Waals surface area contributed by atoms with Crippen LogP contribution >= 0.6 is 11.6 Å². The Morgan fingerprint density at radius 3 is 2.20 bits per heavy atom. The third-order valence-electron chi connectivity index (χ3n) is 3.08. The summed E-state index contributed by atoms with van der Waals surface area (Å²) in [5.41, 5.74) is 2.97. The molecule has 0 aromatic heterocycles. The standard InChI is InChI=1S/C17H15ClO2/c1-2-12-3-7-14(8-4-12)16(17(19)20)11-13-5-9-15(18)10-6-13/h3-11H,2H2,1H3,(H,19,20)/b16-11-. The van der Waals surface area contributed by atoms with Gasteiger partial charge < -0.3 is 5.11 Å².